The van der Waals surface area contributed by atoms with Gasteiger partial charge in [0, 0.05) is 23.8 Å². The summed E-state index contributed by atoms with van der Waals surface area (Å²) in [5.41, 5.74) is 0.729. The number of halogens is 1. The molecule has 1 amide bonds. The van der Waals surface area contributed by atoms with E-state index in [9.17, 15) is 4.79 Å². The van der Waals surface area contributed by atoms with E-state index in [2.05, 4.69) is 10.2 Å². The maximum atomic E-state index is 12.1. The summed E-state index contributed by atoms with van der Waals surface area (Å²) >= 11 is 5.88. The highest BCUT2D eigenvalue weighted by atomic mass is 35.5. The van der Waals surface area contributed by atoms with Crippen molar-refractivity contribution in [3.8, 4) is 0 Å². The monoisotopic (exact) mass is 268 g/mol. The van der Waals surface area contributed by atoms with Crippen molar-refractivity contribution in [2.24, 2.45) is 0 Å². The van der Waals surface area contributed by atoms with Crippen LogP contribution in [0.4, 0.5) is 5.69 Å². The lowest BCUT2D eigenvalue weighted by molar-refractivity contribution is -0.122. The fourth-order valence-corrected chi connectivity index (χ4v) is 2.13. The minimum atomic E-state index is -0.159. The van der Waals surface area contributed by atoms with Gasteiger partial charge in [0.05, 0.1) is 19.3 Å². The molecule has 1 saturated heterocycles. The number of anilines is 1. The first-order valence-corrected chi connectivity index (χ1v) is 6.43. The van der Waals surface area contributed by atoms with E-state index < -0.39 is 0 Å². The predicted molar refractivity (Wildman–Crippen MR) is 71.9 cm³/mol. The topological polar surface area (TPSA) is 41.6 Å². The van der Waals surface area contributed by atoms with Gasteiger partial charge in [-0.25, -0.2) is 0 Å². The molecule has 1 heterocycles. The number of ether oxygens (including phenoxy) is 1. The van der Waals surface area contributed by atoms with Crippen LogP contribution in [0.2, 0.25) is 5.02 Å². The number of nitrogens with zero attached hydrogens (tertiary/aromatic N) is 1. The summed E-state index contributed by atoms with van der Waals surface area (Å²) in [5.74, 6) is -0.0147. The van der Waals surface area contributed by atoms with Crippen molar-refractivity contribution >= 4 is 23.2 Å². The molecule has 1 aliphatic heterocycles. The van der Waals surface area contributed by atoms with Crippen molar-refractivity contribution in [3.05, 3.63) is 29.3 Å². The molecule has 4 nitrogen and oxygen atoms in total. The number of hydrogen-bond acceptors (Lipinski definition) is 3. The van der Waals surface area contributed by atoms with Gasteiger partial charge >= 0.3 is 0 Å². The van der Waals surface area contributed by atoms with Crippen molar-refractivity contribution in [3.63, 3.8) is 0 Å². The molecule has 1 atom stereocenters. The van der Waals surface area contributed by atoms with Crippen molar-refractivity contribution in [1.82, 2.24) is 4.90 Å². The zero-order valence-corrected chi connectivity index (χ0v) is 11.1. The summed E-state index contributed by atoms with van der Waals surface area (Å²) in [4.78, 5) is 14.2. The Morgan fingerprint density at radius 1 is 1.44 bits per heavy atom. The van der Waals surface area contributed by atoms with Crippen LogP contribution in [0.1, 0.15) is 6.92 Å². The maximum absolute atomic E-state index is 12.1. The van der Waals surface area contributed by atoms with Gasteiger partial charge in [0.25, 0.3) is 0 Å². The Labute approximate surface area is 112 Å². The van der Waals surface area contributed by atoms with E-state index in [0.717, 1.165) is 18.8 Å². The predicted octanol–water partition coefficient (Wildman–Crippen LogP) is 2.00. The summed E-state index contributed by atoms with van der Waals surface area (Å²) in [7, 11) is 0. The van der Waals surface area contributed by atoms with E-state index in [4.69, 9.17) is 16.3 Å². The number of morpholine rings is 1. The first-order valence-electron chi connectivity index (χ1n) is 6.05. The van der Waals surface area contributed by atoms with Crippen molar-refractivity contribution in [2.75, 3.05) is 31.6 Å². The minimum absolute atomic E-state index is 0.0147. The van der Waals surface area contributed by atoms with Crippen LogP contribution in [0, 0.1) is 0 Å². The van der Waals surface area contributed by atoms with Crippen LogP contribution in [0.5, 0.6) is 0 Å². The molecular weight excluding hydrogens is 252 g/mol. The van der Waals surface area contributed by atoms with Gasteiger partial charge in [-0.2, -0.15) is 0 Å². The molecule has 1 aromatic carbocycles. The van der Waals surface area contributed by atoms with Crippen LogP contribution in [0.25, 0.3) is 0 Å². The largest absolute Gasteiger partial charge is 0.379 e. The second-order valence-corrected chi connectivity index (χ2v) is 4.76. The molecule has 0 aromatic heterocycles. The van der Waals surface area contributed by atoms with Gasteiger partial charge in [-0.05, 0) is 25.1 Å². The van der Waals surface area contributed by atoms with Crippen LogP contribution in [-0.2, 0) is 9.53 Å². The zero-order chi connectivity index (χ0) is 13.0. The normalized spacial score (nSPS) is 18.3. The standard InChI is InChI=1S/C13H17ClN2O2/c1-10(16-5-7-18-8-6-16)13(17)15-12-4-2-3-11(14)9-12/h2-4,9-10H,5-8H2,1H3,(H,15,17). The number of hydrogen-bond donors (Lipinski definition) is 1. The lowest BCUT2D eigenvalue weighted by Crippen LogP contribution is -2.47. The molecule has 1 unspecified atom stereocenters. The minimum Gasteiger partial charge on any atom is -0.379 e. The third-order valence-corrected chi connectivity index (χ3v) is 3.30. The third-order valence-electron chi connectivity index (χ3n) is 3.06. The molecule has 1 N–H and O–H groups in total. The lowest BCUT2D eigenvalue weighted by atomic mass is 10.2. The Morgan fingerprint density at radius 3 is 2.83 bits per heavy atom. The number of nitrogens with one attached hydrogen (secondary N) is 1. The van der Waals surface area contributed by atoms with Crippen LogP contribution in [0.3, 0.4) is 0 Å². The van der Waals surface area contributed by atoms with Gasteiger partial charge in [-0.15, -0.1) is 0 Å². The summed E-state index contributed by atoms with van der Waals surface area (Å²) in [6.45, 7) is 4.88. The molecule has 0 spiro atoms. The number of rotatable bonds is 3. The van der Waals surface area contributed by atoms with E-state index in [1.807, 2.05) is 19.1 Å². The van der Waals surface area contributed by atoms with Crippen molar-refractivity contribution in [2.45, 2.75) is 13.0 Å². The number of benzene rings is 1. The van der Waals surface area contributed by atoms with Gasteiger partial charge < -0.3 is 10.1 Å². The lowest BCUT2D eigenvalue weighted by Gasteiger charge is -2.31. The van der Waals surface area contributed by atoms with Crippen LogP contribution < -0.4 is 5.32 Å². The number of carbonyl (C=O) groups is 1. The Kier molecular flexibility index (Phi) is 4.58. The van der Waals surface area contributed by atoms with Crippen LogP contribution in [0.15, 0.2) is 24.3 Å². The molecule has 0 bridgehead atoms. The Hall–Kier alpha value is -1.10. The molecule has 0 saturated carbocycles. The van der Waals surface area contributed by atoms with Gasteiger partial charge in [0.1, 0.15) is 0 Å². The van der Waals surface area contributed by atoms with Gasteiger partial charge in [0.2, 0.25) is 5.91 Å². The number of carbonyl (C=O) groups excluding carboxylic acids is 1. The van der Waals surface area contributed by atoms with E-state index in [-0.39, 0.29) is 11.9 Å². The molecule has 1 fully saturated rings. The van der Waals surface area contributed by atoms with Crippen LogP contribution in [-0.4, -0.2) is 43.2 Å². The molecule has 0 aliphatic carbocycles. The summed E-state index contributed by atoms with van der Waals surface area (Å²) in [6, 6.07) is 7.01. The Balaban J connectivity index is 1.94. The van der Waals surface area contributed by atoms with E-state index in [1.165, 1.54) is 0 Å². The second kappa shape index (κ2) is 6.18. The molecule has 18 heavy (non-hydrogen) atoms. The zero-order valence-electron chi connectivity index (χ0n) is 10.4. The second-order valence-electron chi connectivity index (χ2n) is 4.32. The fraction of sp³-hybridized carbons (Fsp3) is 0.462. The molecule has 2 rings (SSSR count). The molecule has 1 aromatic rings. The molecular formula is C13H17ClN2O2. The Morgan fingerprint density at radius 2 is 2.17 bits per heavy atom. The van der Waals surface area contributed by atoms with Gasteiger partial charge in [-0.3, -0.25) is 9.69 Å². The fourth-order valence-electron chi connectivity index (χ4n) is 1.94. The van der Waals surface area contributed by atoms with Crippen molar-refractivity contribution < 1.29 is 9.53 Å². The molecule has 5 heteroatoms. The summed E-state index contributed by atoms with van der Waals surface area (Å²) in [6.07, 6.45) is 0. The maximum Gasteiger partial charge on any atom is 0.241 e. The summed E-state index contributed by atoms with van der Waals surface area (Å²) in [5, 5.41) is 3.49. The highest BCUT2D eigenvalue weighted by molar-refractivity contribution is 6.30. The smallest absolute Gasteiger partial charge is 0.241 e. The third kappa shape index (κ3) is 3.45. The molecule has 0 radical (unpaired) electrons. The van der Waals surface area contributed by atoms with Crippen molar-refractivity contribution in [1.29, 1.82) is 0 Å². The van der Waals surface area contributed by atoms with E-state index in [1.54, 1.807) is 12.1 Å². The van der Waals surface area contributed by atoms with Gasteiger partial charge in [-0.1, -0.05) is 17.7 Å². The quantitative estimate of drug-likeness (QED) is 0.912. The average molecular weight is 269 g/mol. The van der Waals surface area contributed by atoms with E-state index in [0.29, 0.717) is 18.2 Å². The average Bonchev–Trinajstić information content (AvgIpc) is 2.39. The first kappa shape index (κ1) is 13.3. The van der Waals surface area contributed by atoms with E-state index >= 15 is 0 Å². The highest BCUT2D eigenvalue weighted by Crippen LogP contribution is 2.15. The highest BCUT2D eigenvalue weighted by Gasteiger charge is 2.22. The first-order chi connectivity index (χ1) is 8.66. The Bertz CT molecular complexity index is 419. The van der Waals surface area contributed by atoms with Crippen LogP contribution >= 0.6 is 11.6 Å². The summed E-state index contributed by atoms with van der Waals surface area (Å²) < 4.78 is 5.27. The molecule has 98 valence electrons. The van der Waals surface area contributed by atoms with Gasteiger partial charge in [0.15, 0.2) is 0 Å². The SMILES string of the molecule is CC(C(=O)Nc1cccc(Cl)c1)N1CCOCC1. The molecule has 1 aliphatic rings. The number of amides is 1.